The fraction of sp³-hybridized carbons (Fsp3) is 0.389. The quantitative estimate of drug-likeness (QED) is 0.827. The highest BCUT2D eigenvalue weighted by atomic mass is 32.2. The molecule has 0 bridgehead atoms. The SMILES string of the molecule is Cc1ccc(C(CNS(=O)(=O)c2ccc(C#N)cc2)N2CCOCC2)o1. The lowest BCUT2D eigenvalue weighted by Crippen LogP contribution is -2.43. The molecular formula is C18H21N3O4S. The molecule has 1 aliphatic rings. The van der Waals surface area contributed by atoms with Crippen molar-refractivity contribution in [3.05, 3.63) is 53.5 Å². The van der Waals surface area contributed by atoms with Crippen molar-refractivity contribution in [3.8, 4) is 6.07 Å². The number of hydrogen-bond donors (Lipinski definition) is 1. The van der Waals surface area contributed by atoms with E-state index in [2.05, 4.69) is 9.62 Å². The third-order valence-electron chi connectivity index (χ3n) is 4.34. The molecule has 8 heteroatoms. The third kappa shape index (κ3) is 4.31. The predicted octanol–water partition coefficient (Wildman–Crippen LogP) is 1.81. The molecule has 1 aromatic carbocycles. The molecule has 3 rings (SSSR count). The molecule has 7 nitrogen and oxygen atoms in total. The van der Waals surface area contributed by atoms with E-state index in [1.807, 2.05) is 25.1 Å². The lowest BCUT2D eigenvalue weighted by molar-refractivity contribution is 0.0127. The van der Waals surface area contributed by atoms with Crippen molar-refractivity contribution in [3.63, 3.8) is 0 Å². The van der Waals surface area contributed by atoms with Gasteiger partial charge in [-0.25, -0.2) is 13.1 Å². The number of hydrogen-bond acceptors (Lipinski definition) is 6. The highest BCUT2D eigenvalue weighted by Gasteiger charge is 2.27. The first-order valence-corrected chi connectivity index (χ1v) is 9.86. The van der Waals surface area contributed by atoms with Gasteiger partial charge in [-0.2, -0.15) is 5.26 Å². The predicted molar refractivity (Wildman–Crippen MR) is 94.9 cm³/mol. The van der Waals surface area contributed by atoms with Crippen molar-refractivity contribution in [1.82, 2.24) is 9.62 Å². The average molecular weight is 375 g/mol. The second-order valence-corrected chi connectivity index (χ2v) is 7.87. The number of morpholine rings is 1. The van der Waals surface area contributed by atoms with Crippen LogP contribution in [0.1, 0.15) is 23.1 Å². The first-order valence-electron chi connectivity index (χ1n) is 8.37. The second-order valence-electron chi connectivity index (χ2n) is 6.10. The number of nitrogens with zero attached hydrogens (tertiary/aromatic N) is 2. The van der Waals surface area contributed by atoms with E-state index in [4.69, 9.17) is 14.4 Å². The van der Waals surface area contributed by atoms with Crippen molar-refractivity contribution in [1.29, 1.82) is 5.26 Å². The van der Waals surface area contributed by atoms with Crippen LogP contribution >= 0.6 is 0 Å². The molecule has 1 atom stereocenters. The van der Waals surface area contributed by atoms with Crippen LogP contribution in [0.3, 0.4) is 0 Å². The third-order valence-corrected chi connectivity index (χ3v) is 5.78. The molecule has 26 heavy (non-hydrogen) atoms. The zero-order valence-corrected chi connectivity index (χ0v) is 15.3. The van der Waals surface area contributed by atoms with E-state index < -0.39 is 10.0 Å². The Balaban J connectivity index is 1.76. The summed E-state index contributed by atoms with van der Waals surface area (Å²) in [5, 5.41) is 8.84. The lowest BCUT2D eigenvalue weighted by atomic mass is 10.2. The molecule has 1 saturated heterocycles. The topological polar surface area (TPSA) is 95.6 Å². The van der Waals surface area contributed by atoms with Crippen molar-refractivity contribution >= 4 is 10.0 Å². The summed E-state index contributed by atoms with van der Waals surface area (Å²) in [5.74, 6) is 1.51. The summed E-state index contributed by atoms with van der Waals surface area (Å²) in [6.45, 7) is 4.69. The molecule has 0 aliphatic carbocycles. The first-order chi connectivity index (χ1) is 12.5. The van der Waals surface area contributed by atoms with Crippen LogP contribution < -0.4 is 4.72 Å². The van der Waals surface area contributed by atoms with Crippen LogP contribution in [0.4, 0.5) is 0 Å². The Morgan fingerprint density at radius 3 is 2.46 bits per heavy atom. The van der Waals surface area contributed by atoms with Gasteiger partial charge in [-0.3, -0.25) is 4.90 Å². The van der Waals surface area contributed by atoms with Gasteiger partial charge in [0.1, 0.15) is 11.5 Å². The summed E-state index contributed by atoms with van der Waals surface area (Å²) in [4.78, 5) is 2.29. The molecule has 1 aliphatic heterocycles. The Hall–Kier alpha value is -2.18. The molecule has 0 amide bonds. The number of aryl methyl sites for hydroxylation is 1. The van der Waals surface area contributed by atoms with Crippen LogP contribution in [0, 0.1) is 18.3 Å². The van der Waals surface area contributed by atoms with E-state index >= 15 is 0 Å². The second kappa shape index (κ2) is 8.01. The summed E-state index contributed by atoms with van der Waals surface area (Å²) in [6, 6.07) is 11.4. The number of nitriles is 1. The van der Waals surface area contributed by atoms with Crippen molar-refractivity contribution in [2.24, 2.45) is 0 Å². The summed E-state index contributed by atoms with van der Waals surface area (Å²) < 4.78 is 39.0. The Bertz CT molecular complexity index is 878. The van der Waals surface area contributed by atoms with Gasteiger partial charge in [-0.05, 0) is 43.3 Å². The fourth-order valence-corrected chi connectivity index (χ4v) is 3.95. The lowest BCUT2D eigenvalue weighted by Gasteiger charge is -2.33. The molecule has 1 fully saturated rings. The van der Waals surface area contributed by atoms with Crippen molar-refractivity contribution in [2.75, 3.05) is 32.8 Å². The Morgan fingerprint density at radius 2 is 1.88 bits per heavy atom. The van der Waals surface area contributed by atoms with Crippen molar-refractivity contribution in [2.45, 2.75) is 17.9 Å². The van der Waals surface area contributed by atoms with E-state index in [1.165, 1.54) is 24.3 Å². The number of rotatable bonds is 6. The molecule has 1 unspecified atom stereocenters. The van der Waals surface area contributed by atoms with Crippen LogP contribution in [0.15, 0.2) is 45.7 Å². The maximum Gasteiger partial charge on any atom is 0.240 e. The smallest absolute Gasteiger partial charge is 0.240 e. The number of furan rings is 1. The van der Waals surface area contributed by atoms with Gasteiger partial charge in [-0.15, -0.1) is 0 Å². The van der Waals surface area contributed by atoms with Gasteiger partial charge in [0.2, 0.25) is 10.0 Å². The van der Waals surface area contributed by atoms with Gasteiger partial charge < -0.3 is 9.15 Å². The van der Waals surface area contributed by atoms with Gasteiger partial charge >= 0.3 is 0 Å². The standard InChI is InChI=1S/C18H21N3O4S/c1-14-2-7-18(25-14)17(21-8-10-24-11-9-21)13-20-26(22,23)16-5-3-15(12-19)4-6-16/h2-7,17,20H,8-11,13H2,1H3. The minimum Gasteiger partial charge on any atom is -0.465 e. The molecule has 0 saturated carbocycles. The van der Waals surface area contributed by atoms with Crippen LogP contribution in [0.5, 0.6) is 0 Å². The monoisotopic (exact) mass is 375 g/mol. The van der Waals surface area contributed by atoms with Gasteiger partial charge in [0.15, 0.2) is 0 Å². The molecular weight excluding hydrogens is 354 g/mol. The summed E-state index contributed by atoms with van der Waals surface area (Å²) in [5.41, 5.74) is 0.418. The maximum atomic E-state index is 12.6. The highest BCUT2D eigenvalue weighted by molar-refractivity contribution is 7.89. The molecule has 0 radical (unpaired) electrons. The largest absolute Gasteiger partial charge is 0.465 e. The summed E-state index contributed by atoms with van der Waals surface area (Å²) in [6.07, 6.45) is 0. The van der Waals surface area contributed by atoms with Gasteiger partial charge in [-0.1, -0.05) is 0 Å². The van der Waals surface area contributed by atoms with Gasteiger partial charge in [0.05, 0.1) is 35.8 Å². The van der Waals surface area contributed by atoms with Crippen LogP contribution in [-0.4, -0.2) is 46.2 Å². The number of ether oxygens (including phenoxy) is 1. The van der Waals surface area contributed by atoms with E-state index in [0.717, 1.165) is 11.5 Å². The average Bonchev–Trinajstić information content (AvgIpc) is 3.09. The van der Waals surface area contributed by atoms with E-state index in [9.17, 15) is 8.42 Å². The number of nitrogens with one attached hydrogen (secondary N) is 1. The zero-order chi connectivity index (χ0) is 18.6. The van der Waals surface area contributed by atoms with Crippen LogP contribution in [-0.2, 0) is 14.8 Å². The fourth-order valence-electron chi connectivity index (χ4n) is 2.91. The molecule has 2 heterocycles. The Labute approximate surface area is 153 Å². The molecule has 1 aromatic heterocycles. The number of benzene rings is 1. The number of sulfonamides is 1. The molecule has 2 aromatic rings. The Morgan fingerprint density at radius 1 is 1.19 bits per heavy atom. The summed E-state index contributed by atoms with van der Waals surface area (Å²) >= 11 is 0. The highest BCUT2D eigenvalue weighted by Crippen LogP contribution is 2.24. The zero-order valence-electron chi connectivity index (χ0n) is 14.5. The first kappa shape index (κ1) is 18.6. The molecule has 0 spiro atoms. The molecule has 1 N–H and O–H groups in total. The van der Waals surface area contributed by atoms with Gasteiger partial charge in [0, 0.05) is 19.6 Å². The van der Waals surface area contributed by atoms with E-state index in [0.29, 0.717) is 31.9 Å². The minimum absolute atomic E-state index is 0.132. The van der Waals surface area contributed by atoms with Crippen LogP contribution in [0.2, 0.25) is 0 Å². The van der Waals surface area contributed by atoms with Crippen molar-refractivity contribution < 1.29 is 17.6 Å². The minimum atomic E-state index is -3.68. The summed E-state index contributed by atoms with van der Waals surface area (Å²) in [7, 11) is -3.68. The Kier molecular flexibility index (Phi) is 5.74. The normalized spacial score (nSPS) is 16.9. The molecule has 138 valence electrons. The van der Waals surface area contributed by atoms with Crippen LogP contribution in [0.25, 0.3) is 0 Å². The van der Waals surface area contributed by atoms with Gasteiger partial charge in [0.25, 0.3) is 0 Å². The van der Waals surface area contributed by atoms with E-state index in [-0.39, 0.29) is 17.5 Å². The maximum absolute atomic E-state index is 12.6. The van der Waals surface area contributed by atoms with E-state index in [1.54, 1.807) is 0 Å².